The predicted octanol–water partition coefficient (Wildman–Crippen LogP) is 1.53. The Morgan fingerprint density at radius 1 is 1.48 bits per heavy atom. The van der Waals surface area contributed by atoms with Crippen LogP contribution in [0.1, 0.15) is 34.0 Å². The maximum absolute atomic E-state index is 12.7. The third-order valence-electron chi connectivity index (χ3n) is 4.04. The number of piperazine rings is 1. The predicted molar refractivity (Wildman–Crippen MR) is 87.6 cm³/mol. The first-order valence-corrected chi connectivity index (χ1v) is 7.96. The van der Waals surface area contributed by atoms with Crippen LogP contribution in [0.3, 0.4) is 0 Å². The molecule has 21 heavy (non-hydrogen) atoms. The summed E-state index contributed by atoms with van der Waals surface area (Å²) in [5.41, 5.74) is 6.47. The van der Waals surface area contributed by atoms with Gasteiger partial charge in [-0.05, 0) is 39.4 Å². The maximum atomic E-state index is 12.7. The van der Waals surface area contributed by atoms with Crippen molar-refractivity contribution in [2.45, 2.75) is 26.3 Å². The standard InChI is InChI=1S/C16H23N3OS/c1-12-10-14(21-13(12)6-5-7-17)15(20)19-9-8-18(4)16(2,3)11-19/h10H,7-9,11,17H2,1-4H3. The van der Waals surface area contributed by atoms with Gasteiger partial charge in [-0.3, -0.25) is 9.69 Å². The van der Waals surface area contributed by atoms with Crippen molar-refractivity contribution in [3.8, 4) is 11.8 Å². The number of likely N-dealkylation sites (N-methyl/N-ethyl adjacent to an activating group) is 1. The fraction of sp³-hybridized carbons (Fsp3) is 0.562. The fourth-order valence-electron chi connectivity index (χ4n) is 2.41. The highest BCUT2D eigenvalue weighted by Crippen LogP contribution is 2.25. The number of rotatable bonds is 1. The Kier molecular flexibility index (Phi) is 4.72. The van der Waals surface area contributed by atoms with E-state index in [-0.39, 0.29) is 11.4 Å². The molecule has 0 aromatic carbocycles. The van der Waals surface area contributed by atoms with Crippen LogP contribution in [0.4, 0.5) is 0 Å². The Hall–Kier alpha value is -1.35. The molecule has 1 aromatic heterocycles. The van der Waals surface area contributed by atoms with Gasteiger partial charge in [0.1, 0.15) is 0 Å². The molecule has 2 N–H and O–H groups in total. The summed E-state index contributed by atoms with van der Waals surface area (Å²) < 4.78 is 0. The minimum absolute atomic E-state index is 0.0163. The highest BCUT2D eigenvalue weighted by atomic mass is 32.1. The van der Waals surface area contributed by atoms with Crippen LogP contribution in [-0.2, 0) is 0 Å². The largest absolute Gasteiger partial charge is 0.335 e. The zero-order valence-electron chi connectivity index (χ0n) is 13.2. The minimum Gasteiger partial charge on any atom is -0.335 e. The van der Waals surface area contributed by atoms with Crippen molar-refractivity contribution in [3.63, 3.8) is 0 Å². The van der Waals surface area contributed by atoms with Gasteiger partial charge in [-0.25, -0.2) is 0 Å². The van der Waals surface area contributed by atoms with Gasteiger partial charge in [-0.2, -0.15) is 0 Å². The summed E-state index contributed by atoms with van der Waals surface area (Å²) >= 11 is 1.47. The second kappa shape index (κ2) is 6.18. The summed E-state index contributed by atoms with van der Waals surface area (Å²) in [6.45, 7) is 9.11. The second-order valence-corrected chi connectivity index (χ2v) is 7.14. The van der Waals surface area contributed by atoms with Crippen LogP contribution in [0.25, 0.3) is 0 Å². The molecule has 1 aromatic rings. The van der Waals surface area contributed by atoms with E-state index in [2.05, 4.69) is 37.6 Å². The van der Waals surface area contributed by atoms with Crippen molar-refractivity contribution in [2.75, 3.05) is 33.2 Å². The lowest BCUT2D eigenvalue weighted by Crippen LogP contribution is -2.58. The van der Waals surface area contributed by atoms with Crippen molar-refractivity contribution >= 4 is 17.2 Å². The summed E-state index contributed by atoms with van der Waals surface area (Å²) in [5.74, 6) is 6.01. The van der Waals surface area contributed by atoms with Crippen LogP contribution < -0.4 is 5.73 Å². The molecule has 1 aliphatic rings. The third-order valence-corrected chi connectivity index (χ3v) is 5.18. The van der Waals surface area contributed by atoms with E-state index in [0.29, 0.717) is 6.54 Å². The van der Waals surface area contributed by atoms with Gasteiger partial charge in [-0.1, -0.05) is 11.8 Å². The molecule has 5 heteroatoms. The number of thiophene rings is 1. The zero-order chi connectivity index (χ0) is 15.6. The topological polar surface area (TPSA) is 49.6 Å². The van der Waals surface area contributed by atoms with Gasteiger partial charge in [0.05, 0.1) is 16.3 Å². The molecule has 0 radical (unpaired) electrons. The fourth-order valence-corrected chi connectivity index (χ4v) is 3.43. The van der Waals surface area contributed by atoms with Crippen molar-refractivity contribution in [2.24, 2.45) is 5.73 Å². The Balaban J connectivity index is 2.17. The molecule has 0 aliphatic carbocycles. The normalized spacial score (nSPS) is 18.2. The van der Waals surface area contributed by atoms with Crippen molar-refractivity contribution in [1.29, 1.82) is 0 Å². The molecule has 2 heterocycles. The maximum Gasteiger partial charge on any atom is 0.264 e. The van der Waals surface area contributed by atoms with E-state index < -0.39 is 0 Å². The van der Waals surface area contributed by atoms with E-state index in [9.17, 15) is 4.79 Å². The first-order valence-electron chi connectivity index (χ1n) is 7.15. The molecule has 2 rings (SSSR count). The molecule has 0 bridgehead atoms. The number of nitrogens with zero attached hydrogens (tertiary/aromatic N) is 2. The van der Waals surface area contributed by atoms with Crippen molar-refractivity contribution in [1.82, 2.24) is 9.80 Å². The number of aryl methyl sites for hydroxylation is 1. The Morgan fingerprint density at radius 2 is 2.19 bits per heavy atom. The number of hydrogen-bond acceptors (Lipinski definition) is 4. The van der Waals surface area contributed by atoms with Gasteiger partial charge in [0.2, 0.25) is 0 Å². The summed E-state index contributed by atoms with van der Waals surface area (Å²) in [7, 11) is 2.11. The van der Waals surface area contributed by atoms with Crippen LogP contribution in [0.5, 0.6) is 0 Å². The molecule has 1 fully saturated rings. The van der Waals surface area contributed by atoms with Crippen LogP contribution in [0, 0.1) is 18.8 Å². The molecule has 0 saturated carbocycles. The molecular weight excluding hydrogens is 282 g/mol. The average Bonchev–Trinajstić information content (AvgIpc) is 2.80. The van der Waals surface area contributed by atoms with E-state index in [4.69, 9.17) is 5.73 Å². The Bertz CT molecular complexity index is 594. The summed E-state index contributed by atoms with van der Waals surface area (Å²) in [4.78, 5) is 18.6. The molecule has 1 amide bonds. The summed E-state index contributed by atoms with van der Waals surface area (Å²) in [6, 6.07) is 1.94. The Morgan fingerprint density at radius 3 is 2.81 bits per heavy atom. The zero-order valence-corrected chi connectivity index (χ0v) is 14.0. The molecule has 0 atom stereocenters. The molecule has 4 nitrogen and oxygen atoms in total. The quantitative estimate of drug-likeness (QED) is 0.801. The van der Waals surface area contributed by atoms with Gasteiger partial charge < -0.3 is 10.6 Å². The number of carbonyl (C=O) groups is 1. The molecular formula is C16H23N3OS. The van der Waals surface area contributed by atoms with Gasteiger partial charge >= 0.3 is 0 Å². The van der Waals surface area contributed by atoms with Gasteiger partial charge in [-0.15, -0.1) is 11.3 Å². The van der Waals surface area contributed by atoms with E-state index in [0.717, 1.165) is 35.0 Å². The van der Waals surface area contributed by atoms with E-state index in [1.165, 1.54) is 11.3 Å². The summed E-state index contributed by atoms with van der Waals surface area (Å²) in [6.07, 6.45) is 0. The van der Waals surface area contributed by atoms with Crippen LogP contribution in [0.15, 0.2) is 6.07 Å². The highest BCUT2D eigenvalue weighted by molar-refractivity contribution is 7.14. The lowest BCUT2D eigenvalue weighted by atomic mass is 9.99. The minimum atomic E-state index is 0.0163. The first-order chi connectivity index (χ1) is 9.85. The first kappa shape index (κ1) is 16.0. The lowest BCUT2D eigenvalue weighted by Gasteiger charge is -2.45. The molecule has 0 spiro atoms. The monoisotopic (exact) mass is 305 g/mol. The van der Waals surface area contributed by atoms with Gasteiger partial charge in [0, 0.05) is 25.2 Å². The SMILES string of the molecule is Cc1cc(C(=O)N2CCN(C)C(C)(C)C2)sc1C#CCN. The van der Waals surface area contributed by atoms with E-state index in [1.54, 1.807) is 0 Å². The number of carbonyl (C=O) groups excluding carboxylic acids is 1. The van der Waals surface area contributed by atoms with Gasteiger partial charge in [0.25, 0.3) is 5.91 Å². The second-order valence-electron chi connectivity index (χ2n) is 6.09. The number of nitrogens with two attached hydrogens (primary N) is 1. The van der Waals surface area contributed by atoms with E-state index in [1.807, 2.05) is 17.9 Å². The average molecular weight is 305 g/mol. The molecule has 1 saturated heterocycles. The smallest absolute Gasteiger partial charge is 0.264 e. The molecule has 1 aliphatic heterocycles. The highest BCUT2D eigenvalue weighted by Gasteiger charge is 2.34. The van der Waals surface area contributed by atoms with Crippen LogP contribution in [0.2, 0.25) is 0 Å². The van der Waals surface area contributed by atoms with Crippen LogP contribution >= 0.6 is 11.3 Å². The number of hydrogen-bond donors (Lipinski definition) is 1. The Labute approximate surface area is 130 Å². The van der Waals surface area contributed by atoms with Gasteiger partial charge in [0.15, 0.2) is 0 Å². The van der Waals surface area contributed by atoms with Crippen molar-refractivity contribution < 1.29 is 4.79 Å². The molecule has 114 valence electrons. The van der Waals surface area contributed by atoms with Crippen LogP contribution in [-0.4, -0.2) is 54.5 Å². The third kappa shape index (κ3) is 3.46. The molecule has 0 unspecified atom stereocenters. The lowest BCUT2D eigenvalue weighted by molar-refractivity contribution is 0.0315. The summed E-state index contributed by atoms with van der Waals surface area (Å²) in [5, 5.41) is 0. The van der Waals surface area contributed by atoms with Crippen molar-refractivity contribution in [3.05, 3.63) is 21.4 Å². The van der Waals surface area contributed by atoms with E-state index >= 15 is 0 Å². The number of amides is 1.